The van der Waals surface area contributed by atoms with Gasteiger partial charge in [0.2, 0.25) is 0 Å². The first-order valence-electron chi connectivity index (χ1n) is 5.18. The quantitative estimate of drug-likeness (QED) is 0.801. The van der Waals surface area contributed by atoms with Gasteiger partial charge in [-0.2, -0.15) is 0 Å². The molecule has 16 heavy (non-hydrogen) atoms. The van der Waals surface area contributed by atoms with E-state index >= 15 is 0 Å². The van der Waals surface area contributed by atoms with E-state index < -0.39 is 11.4 Å². The van der Waals surface area contributed by atoms with Gasteiger partial charge in [0.25, 0.3) is 0 Å². The number of hydrogen-bond acceptors (Lipinski definition) is 2. The summed E-state index contributed by atoms with van der Waals surface area (Å²) in [5, 5.41) is 18.8. The van der Waals surface area contributed by atoms with E-state index in [0.717, 1.165) is 16.7 Å². The van der Waals surface area contributed by atoms with Crippen LogP contribution in [-0.4, -0.2) is 16.2 Å². The summed E-state index contributed by atoms with van der Waals surface area (Å²) < 4.78 is 0. The van der Waals surface area contributed by atoms with Gasteiger partial charge in [-0.3, -0.25) is 4.79 Å². The van der Waals surface area contributed by atoms with Crippen molar-refractivity contribution in [3.05, 3.63) is 34.9 Å². The lowest BCUT2D eigenvalue weighted by atomic mass is 9.83. The second kappa shape index (κ2) is 3.37. The van der Waals surface area contributed by atoms with E-state index in [1.807, 2.05) is 6.07 Å². The normalized spacial score (nSPS) is 14.5. The molecule has 0 radical (unpaired) electrons. The molecule has 0 amide bonds. The molecule has 0 heterocycles. The van der Waals surface area contributed by atoms with Crippen LogP contribution in [0.5, 0.6) is 5.75 Å². The van der Waals surface area contributed by atoms with E-state index in [1.165, 1.54) is 0 Å². The second-order valence-corrected chi connectivity index (χ2v) is 4.63. The zero-order chi connectivity index (χ0) is 11.9. The van der Waals surface area contributed by atoms with Crippen molar-refractivity contribution in [1.29, 1.82) is 0 Å². The van der Waals surface area contributed by atoms with Crippen molar-refractivity contribution in [2.45, 2.75) is 20.3 Å². The van der Waals surface area contributed by atoms with Crippen LogP contribution in [0, 0.1) is 5.41 Å². The molecule has 3 heteroatoms. The molecule has 2 rings (SSSR count). The number of hydrogen-bond donors (Lipinski definition) is 2. The third kappa shape index (κ3) is 1.48. The molecular formula is C13H14O3. The lowest BCUT2D eigenvalue weighted by Crippen LogP contribution is -2.26. The number of carbonyl (C=O) groups is 1. The highest BCUT2D eigenvalue weighted by Crippen LogP contribution is 2.39. The molecule has 0 fully saturated rings. The monoisotopic (exact) mass is 218 g/mol. The largest absolute Gasteiger partial charge is 0.507 e. The first-order valence-corrected chi connectivity index (χ1v) is 5.18. The summed E-state index contributed by atoms with van der Waals surface area (Å²) in [7, 11) is 0. The highest BCUT2D eigenvalue weighted by molar-refractivity contribution is 5.83. The highest BCUT2D eigenvalue weighted by Gasteiger charge is 2.34. The number of aliphatic carboxylic acids is 1. The maximum Gasteiger partial charge on any atom is 0.313 e. The molecule has 3 nitrogen and oxygen atoms in total. The number of carboxylic acid groups (broad SMARTS) is 1. The number of benzene rings is 1. The van der Waals surface area contributed by atoms with Crippen LogP contribution in [0.15, 0.2) is 23.8 Å². The Labute approximate surface area is 94.0 Å². The van der Waals surface area contributed by atoms with Gasteiger partial charge in [-0.05, 0) is 37.5 Å². The Bertz CT molecular complexity index is 484. The molecule has 0 aromatic heterocycles. The number of aromatic hydroxyl groups is 1. The highest BCUT2D eigenvalue weighted by atomic mass is 16.4. The molecule has 0 aliphatic heterocycles. The summed E-state index contributed by atoms with van der Waals surface area (Å²) in [6.07, 6.45) is 2.39. The Kier molecular flexibility index (Phi) is 2.26. The minimum atomic E-state index is -0.883. The molecule has 84 valence electrons. The van der Waals surface area contributed by atoms with E-state index in [0.29, 0.717) is 6.42 Å². The molecule has 1 aromatic rings. The molecule has 1 aliphatic carbocycles. The maximum absolute atomic E-state index is 11.1. The van der Waals surface area contributed by atoms with Crippen LogP contribution in [0.25, 0.3) is 6.08 Å². The Morgan fingerprint density at radius 3 is 2.62 bits per heavy atom. The van der Waals surface area contributed by atoms with Gasteiger partial charge in [0.1, 0.15) is 5.75 Å². The molecule has 1 aromatic carbocycles. The number of rotatable bonds is 2. The number of carboxylic acids is 1. The Morgan fingerprint density at radius 2 is 2.06 bits per heavy atom. The van der Waals surface area contributed by atoms with E-state index in [9.17, 15) is 9.90 Å². The molecular weight excluding hydrogens is 204 g/mol. The maximum atomic E-state index is 11.1. The predicted molar refractivity (Wildman–Crippen MR) is 61.2 cm³/mol. The first kappa shape index (κ1) is 10.7. The third-order valence-electron chi connectivity index (χ3n) is 3.21. The zero-order valence-electron chi connectivity index (χ0n) is 9.32. The summed E-state index contributed by atoms with van der Waals surface area (Å²) in [6.45, 7) is 3.37. The van der Waals surface area contributed by atoms with Crippen molar-refractivity contribution >= 4 is 12.0 Å². The minimum absolute atomic E-state index is 0.216. The molecule has 2 N–H and O–H groups in total. The van der Waals surface area contributed by atoms with Gasteiger partial charge >= 0.3 is 5.97 Å². The molecule has 0 saturated carbocycles. The number of fused-ring (bicyclic) bond motifs is 1. The fourth-order valence-corrected chi connectivity index (χ4v) is 1.89. The number of phenolic OH excluding ortho intramolecular Hbond substituents is 1. The van der Waals surface area contributed by atoms with E-state index in [2.05, 4.69) is 0 Å². The second-order valence-electron chi connectivity index (χ2n) is 4.63. The van der Waals surface area contributed by atoms with Crippen LogP contribution in [0.4, 0.5) is 0 Å². The summed E-state index contributed by atoms with van der Waals surface area (Å²) >= 11 is 0. The summed E-state index contributed by atoms with van der Waals surface area (Å²) in [5.74, 6) is -0.625. The molecule has 1 aliphatic rings. The van der Waals surface area contributed by atoms with Crippen LogP contribution in [0.2, 0.25) is 0 Å². The average molecular weight is 218 g/mol. The van der Waals surface area contributed by atoms with Gasteiger partial charge in [0, 0.05) is 5.56 Å². The minimum Gasteiger partial charge on any atom is -0.507 e. The Morgan fingerprint density at radius 1 is 1.38 bits per heavy atom. The van der Waals surface area contributed by atoms with Crippen LogP contribution in [0.3, 0.4) is 0 Å². The topological polar surface area (TPSA) is 57.5 Å². The lowest BCUT2D eigenvalue weighted by molar-refractivity contribution is -0.144. The first-order chi connectivity index (χ1) is 7.43. The Balaban J connectivity index is 2.43. The van der Waals surface area contributed by atoms with Gasteiger partial charge in [0.05, 0.1) is 5.41 Å². The van der Waals surface area contributed by atoms with Gasteiger partial charge in [-0.1, -0.05) is 18.2 Å². The van der Waals surface area contributed by atoms with Crippen LogP contribution in [0.1, 0.15) is 25.0 Å². The van der Waals surface area contributed by atoms with Gasteiger partial charge in [-0.15, -0.1) is 0 Å². The van der Waals surface area contributed by atoms with E-state index in [4.69, 9.17) is 5.11 Å². The number of phenols is 1. The Hall–Kier alpha value is -1.77. The molecule has 0 spiro atoms. The molecule has 0 bridgehead atoms. The van der Waals surface area contributed by atoms with Gasteiger partial charge in [-0.25, -0.2) is 0 Å². The van der Waals surface area contributed by atoms with Crippen molar-refractivity contribution < 1.29 is 15.0 Å². The average Bonchev–Trinajstić information content (AvgIpc) is 2.63. The van der Waals surface area contributed by atoms with Crippen molar-refractivity contribution in [1.82, 2.24) is 0 Å². The fourth-order valence-electron chi connectivity index (χ4n) is 1.89. The van der Waals surface area contributed by atoms with Crippen molar-refractivity contribution in [3.8, 4) is 5.75 Å². The zero-order valence-corrected chi connectivity index (χ0v) is 9.32. The molecule has 0 unspecified atom stereocenters. The molecule has 0 saturated heterocycles. The van der Waals surface area contributed by atoms with Gasteiger partial charge < -0.3 is 10.2 Å². The summed E-state index contributed by atoms with van der Waals surface area (Å²) in [4.78, 5) is 11.1. The summed E-state index contributed by atoms with van der Waals surface area (Å²) in [6, 6.07) is 5.31. The third-order valence-corrected chi connectivity index (χ3v) is 3.21. The van der Waals surface area contributed by atoms with Crippen molar-refractivity contribution in [2.24, 2.45) is 5.41 Å². The van der Waals surface area contributed by atoms with Crippen molar-refractivity contribution in [2.75, 3.05) is 0 Å². The van der Waals surface area contributed by atoms with E-state index in [1.54, 1.807) is 32.1 Å². The SMILES string of the molecule is CC(C)(C(=O)O)C1=Cc2c(O)cccc2C1. The predicted octanol–water partition coefficient (Wildman–Crippen LogP) is 2.44. The molecule has 0 atom stereocenters. The summed E-state index contributed by atoms with van der Waals surface area (Å²) in [5.41, 5.74) is 1.69. The van der Waals surface area contributed by atoms with Gasteiger partial charge in [0.15, 0.2) is 0 Å². The smallest absolute Gasteiger partial charge is 0.313 e. The lowest BCUT2D eigenvalue weighted by Gasteiger charge is -2.20. The fraction of sp³-hybridized carbons (Fsp3) is 0.308. The van der Waals surface area contributed by atoms with Crippen molar-refractivity contribution in [3.63, 3.8) is 0 Å². The van der Waals surface area contributed by atoms with Crippen LogP contribution >= 0.6 is 0 Å². The van der Waals surface area contributed by atoms with E-state index in [-0.39, 0.29) is 5.75 Å². The standard InChI is InChI=1S/C13H14O3/c1-13(2,12(15)16)9-6-8-4-3-5-11(14)10(8)7-9/h3-5,7,14H,6H2,1-2H3,(H,15,16). The van der Waals surface area contributed by atoms with Crippen LogP contribution < -0.4 is 0 Å². The van der Waals surface area contributed by atoms with Crippen LogP contribution in [-0.2, 0) is 11.2 Å².